The Kier molecular flexibility index (Phi) is 38.5. The molecule has 0 bridgehead atoms. The number of hydrogen-bond donors (Lipinski definition) is 22. The number of nitrogens with one attached hydrogen (secondary N) is 17. The number of carbonyl (C=O) groups is 15. The van der Waals surface area contributed by atoms with Crippen molar-refractivity contribution in [3.05, 3.63) is 156 Å². The Bertz CT molecular complexity index is 4650. The lowest BCUT2D eigenvalue weighted by Gasteiger charge is -2.31. The van der Waals surface area contributed by atoms with Gasteiger partial charge in [-0.15, -0.1) is 0 Å². The number of hydrogen-bond acceptors (Lipinski definition) is 20. The Morgan fingerprint density at radius 2 is 1.05 bits per heavy atom. The lowest BCUT2D eigenvalue weighted by atomic mass is 9.96. The molecule has 670 valence electrons. The van der Waals surface area contributed by atoms with Crippen LogP contribution in [0.15, 0.2) is 128 Å². The molecule has 23 N–H and O–H groups in total. The normalized spacial score (nSPS) is 15.6. The van der Waals surface area contributed by atoms with E-state index in [9.17, 15) is 63.0 Å². The van der Waals surface area contributed by atoms with Crippen molar-refractivity contribution in [2.75, 3.05) is 31.9 Å². The number of carbonyl (C=O) groups excluding carboxylic acids is 15. The van der Waals surface area contributed by atoms with E-state index >= 15 is 19.2 Å². The number of aromatic nitrogens is 3. The molecule has 1 fully saturated rings. The largest absolute Gasteiger partial charge is 0.508 e. The first kappa shape index (κ1) is 98.2. The van der Waals surface area contributed by atoms with Gasteiger partial charge in [0.25, 0.3) is 0 Å². The smallest absolute Gasteiger partial charge is 0.245 e. The van der Waals surface area contributed by atoms with Crippen LogP contribution < -0.4 is 85.9 Å². The van der Waals surface area contributed by atoms with Gasteiger partial charge < -0.3 is 111 Å². The number of H-pyrrole nitrogens is 2. The molecular formula is C85H117N21O17S. The van der Waals surface area contributed by atoms with E-state index in [2.05, 4.69) is 102 Å². The molecule has 124 heavy (non-hydrogen) atoms. The number of likely N-dealkylation sites (tertiary alicyclic amines) is 1. The van der Waals surface area contributed by atoms with E-state index in [1.807, 2.05) is 13.8 Å². The predicted molar refractivity (Wildman–Crippen MR) is 462 cm³/mol. The minimum atomic E-state index is -1.71. The minimum absolute atomic E-state index is 0.0328. The number of imidazole rings is 1. The van der Waals surface area contributed by atoms with Gasteiger partial charge in [-0.2, -0.15) is 12.6 Å². The van der Waals surface area contributed by atoms with Gasteiger partial charge in [0.2, 0.25) is 88.6 Å². The summed E-state index contributed by atoms with van der Waals surface area (Å²) in [6.07, 6.45) is 2.78. The number of amides is 15. The summed E-state index contributed by atoms with van der Waals surface area (Å²) < 4.78 is 0. The third-order valence-corrected chi connectivity index (χ3v) is 21.2. The number of benzene rings is 4. The SMILES string of the molecule is CC[C@H](C)[C@H](NC(=O)[C@H](Cc1ccccc1)NC(C)=O)C(=O)N[C@H](C(=O)NCC(=O)N[C@@H](Cc1c[nH]cn1)C(=O)N[C@@H](Cc1ccc(O)cc1)C(=O)N[C@@H](Cc1c[nH]c2ccccc12)C(=O)N[C@H](C(=O)N[C@@H](CCCNC(=N)N)C(=O)N[C@@H](Cc1ccccc1)C(=O)N[C@@H](CC(C)C)C(=O)N1CCC[C@H]1C(=O)N[C@@H](CS)C(=O)NCC(N)=O)C(C)C)[C@@H](C)O. The number of nitrogens with two attached hydrogens (primary N) is 2. The molecule has 1 saturated heterocycles. The van der Waals surface area contributed by atoms with Crippen molar-refractivity contribution in [1.29, 1.82) is 5.41 Å². The molecule has 0 unspecified atom stereocenters. The summed E-state index contributed by atoms with van der Waals surface area (Å²) in [6.45, 7) is 11.5. The van der Waals surface area contributed by atoms with Crippen molar-refractivity contribution in [3.8, 4) is 5.75 Å². The highest BCUT2D eigenvalue weighted by Gasteiger charge is 2.42. The monoisotopic (exact) mass is 1740 g/mol. The number of aromatic amines is 2. The number of thiol groups is 1. The zero-order chi connectivity index (χ0) is 90.9. The first-order valence-corrected chi connectivity index (χ1v) is 41.9. The number of aliphatic hydroxyl groups excluding tert-OH is 1. The average molecular weight is 1740 g/mol. The number of nitrogens with zero attached hydrogens (tertiary/aromatic N) is 2. The van der Waals surface area contributed by atoms with Gasteiger partial charge >= 0.3 is 0 Å². The second-order valence-corrected chi connectivity index (χ2v) is 31.9. The van der Waals surface area contributed by atoms with Crippen molar-refractivity contribution in [3.63, 3.8) is 0 Å². The molecule has 38 nitrogen and oxygen atoms in total. The first-order chi connectivity index (χ1) is 59.0. The molecule has 39 heteroatoms. The molecule has 3 heterocycles. The quantitative estimate of drug-likeness (QED) is 0.00894. The summed E-state index contributed by atoms with van der Waals surface area (Å²) in [5.41, 5.74) is 13.9. The summed E-state index contributed by atoms with van der Waals surface area (Å²) in [4.78, 5) is 224. The highest BCUT2D eigenvalue weighted by atomic mass is 32.1. The number of para-hydroxylation sites is 1. The Morgan fingerprint density at radius 3 is 1.59 bits per heavy atom. The maximum Gasteiger partial charge on any atom is 0.245 e. The second-order valence-electron chi connectivity index (χ2n) is 31.5. The number of phenols is 1. The summed E-state index contributed by atoms with van der Waals surface area (Å²) >= 11 is 4.21. The third-order valence-electron chi connectivity index (χ3n) is 20.8. The molecule has 1 aliphatic rings. The van der Waals surface area contributed by atoms with Crippen molar-refractivity contribution < 1.29 is 82.1 Å². The van der Waals surface area contributed by atoms with Gasteiger partial charge in [0.1, 0.15) is 78.3 Å². The Hall–Kier alpha value is -12.9. The van der Waals surface area contributed by atoms with Gasteiger partial charge in [-0.05, 0) is 97.2 Å². The summed E-state index contributed by atoms with van der Waals surface area (Å²) in [5.74, 6) is -14.7. The number of fused-ring (bicyclic) bond motifs is 1. The van der Waals surface area contributed by atoms with Crippen molar-refractivity contribution >= 4 is 118 Å². The van der Waals surface area contributed by atoms with Crippen molar-refractivity contribution in [2.45, 2.75) is 205 Å². The zero-order valence-corrected chi connectivity index (χ0v) is 71.6. The van der Waals surface area contributed by atoms with E-state index in [0.29, 0.717) is 40.4 Å². The fourth-order valence-corrected chi connectivity index (χ4v) is 14.3. The standard InChI is InChI=1S/C85H117N21O17S/c1-9-48(6)71(104-78(117)60(95-50(8)108)35-51-20-12-10-13-21-51)83(122)105-72(49(7)107)81(120)93-43-69(111)96-64(39-55-41-89-45-94-55)77(116)99-62(37-53-28-30-56(109)31-29-53)75(114)100-63(38-54-40-91-58-25-17-16-24-57(54)58)79(118)103-70(47(4)5)82(121)97-59(26-18-32-90-85(87)88)74(113)98-61(36-52-22-14-11-15-23-52)76(115)101-65(34-46(2)3)84(123)106-33-19-27-67(106)80(119)102-66(44-124)73(112)92-42-68(86)110/h10-17,20-25,28-31,40-41,45-49,59-67,70-72,91,107,109,124H,9,18-19,26-27,32-39,42-44H2,1-8H3,(H2,86,110)(H,89,94)(H,92,112)(H,93,120)(H,95,108)(H,96,111)(H,97,121)(H,98,113)(H,99,116)(H,100,114)(H,101,115)(H,102,119)(H,103,118)(H,104,117)(H,105,122)(H4,87,88,90)/t48-,49+,59-,60-,61-,62-,63-,64-,65-,66-,67-,70-,71-,72-/m0/s1. The second kappa shape index (κ2) is 48.6. The lowest BCUT2D eigenvalue weighted by molar-refractivity contribution is -0.142. The van der Waals surface area contributed by atoms with Gasteiger partial charge in [0.05, 0.1) is 31.2 Å². The van der Waals surface area contributed by atoms with E-state index in [1.165, 1.54) is 55.5 Å². The first-order valence-electron chi connectivity index (χ1n) is 41.2. The summed E-state index contributed by atoms with van der Waals surface area (Å²) in [5, 5.41) is 66.8. The van der Waals surface area contributed by atoms with E-state index < -0.39 is 198 Å². The number of rotatable bonds is 48. The third kappa shape index (κ3) is 30.9. The number of phenolic OH excluding ortho intramolecular Hbond substituents is 1. The fourth-order valence-electron chi connectivity index (χ4n) is 14.0. The van der Waals surface area contributed by atoms with Gasteiger partial charge in [0.15, 0.2) is 5.96 Å². The topological polar surface area (TPSA) is 589 Å². The molecule has 6 aromatic rings. The molecule has 15 amide bonds. The Labute approximate surface area is 723 Å². The van der Waals surface area contributed by atoms with Crippen molar-refractivity contribution in [1.82, 2.24) is 94.3 Å². The zero-order valence-electron chi connectivity index (χ0n) is 70.7. The van der Waals surface area contributed by atoms with Crippen LogP contribution in [-0.4, -0.2) is 235 Å². The van der Waals surface area contributed by atoms with Crippen LogP contribution in [0, 0.1) is 23.2 Å². The molecule has 4 aromatic carbocycles. The van der Waals surface area contributed by atoms with Gasteiger partial charge in [-0.25, -0.2) is 4.98 Å². The maximum atomic E-state index is 15.4. The van der Waals surface area contributed by atoms with Crippen LogP contribution in [0.3, 0.4) is 0 Å². The van der Waals surface area contributed by atoms with Crippen LogP contribution in [0.2, 0.25) is 0 Å². The number of guanidine groups is 1. The van der Waals surface area contributed by atoms with Crippen LogP contribution in [0.4, 0.5) is 0 Å². The van der Waals surface area contributed by atoms with Gasteiger partial charge in [0, 0.05) is 81.2 Å². The minimum Gasteiger partial charge on any atom is -0.508 e. The molecule has 0 radical (unpaired) electrons. The lowest BCUT2D eigenvalue weighted by Crippen LogP contribution is -2.62. The van der Waals surface area contributed by atoms with Gasteiger partial charge in [-0.3, -0.25) is 77.3 Å². The predicted octanol–water partition coefficient (Wildman–Crippen LogP) is -1.51. The number of aromatic hydroxyl groups is 1. The van der Waals surface area contributed by atoms with E-state index in [1.54, 1.807) is 119 Å². The molecular weight excluding hydrogens is 1620 g/mol. The molecule has 14 atom stereocenters. The van der Waals surface area contributed by atoms with Crippen LogP contribution in [-0.2, 0) is 104 Å². The number of aliphatic hydroxyl groups is 1. The highest BCUT2D eigenvalue weighted by molar-refractivity contribution is 7.80. The molecule has 0 spiro atoms. The molecule has 7 rings (SSSR count). The van der Waals surface area contributed by atoms with E-state index in [4.69, 9.17) is 16.9 Å². The van der Waals surface area contributed by atoms with Crippen molar-refractivity contribution in [2.24, 2.45) is 29.2 Å². The van der Waals surface area contributed by atoms with Crippen LogP contribution in [0.5, 0.6) is 5.75 Å². The molecule has 2 aromatic heterocycles. The van der Waals surface area contributed by atoms with E-state index in [-0.39, 0.29) is 94.0 Å². The summed E-state index contributed by atoms with van der Waals surface area (Å²) in [6, 6.07) is 13.3. The fraction of sp³-hybridized carbons (Fsp3) is 0.471. The van der Waals surface area contributed by atoms with Crippen LogP contribution >= 0.6 is 12.6 Å². The van der Waals surface area contributed by atoms with Crippen LogP contribution in [0.25, 0.3) is 10.9 Å². The Morgan fingerprint density at radius 1 is 0.540 bits per heavy atom. The molecule has 0 saturated carbocycles. The van der Waals surface area contributed by atoms with Gasteiger partial charge in [-0.1, -0.05) is 139 Å². The van der Waals surface area contributed by atoms with E-state index in [0.717, 1.165) is 5.56 Å². The highest BCUT2D eigenvalue weighted by Crippen LogP contribution is 2.24. The summed E-state index contributed by atoms with van der Waals surface area (Å²) in [7, 11) is 0. The number of primary amides is 1. The van der Waals surface area contributed by atoms with Crippen LogP contribution in [0.1, 0.15) is 122 Å². The average Bonchev–Trinajstić information content (AvgIpc) is 1.60. The molecule has 0 aliphatic carbocycles. The Balaban J connectivity index is 1.12. The maximum absolute atomic E-state index is 15.4. The molecule has 1 aliphatic heterocycles.